The highest BCUT2D eigenvalue weighted by molar-refractivity contribution is 5.98. The molecule has 1 heterocycles. The lowest BCUT2D eigenvalue weighted by Gasteiger charge is -2.13. The standard InChI is InChI=1S/C11H13N3O6/c1-5(15)12-11-13-7(4-8(17)14-11)9(18)10(19-3)20-6(2)16/h4,10H,1-3H3,(H2,12,13,14,15,17). The van der Waals surface area contributed by atoms with Crippen LogP contribution in [-0.2, 0) is 19.1 Å². The Balaban J connectivity index is 3.08. The van der Waals surface area contributed by atoms with E-state index in [9.17, 15) is 19.2 Å². The maximum Gasteiger partial charge on any atom is 0.305 e. The third-order valence-electron chi connectivity index (χ3n) is 1.99. The van der Waals surface area contributed by atoms with Gasteiger partial charge in [-0.2, -0.15) is 0 Å². The maximum atomic E-state index is 12.0. The zero-order valence-corrected chi connectivity index (χ0v) is 11.1. The second kappa shape index (κ2) is 6.57. The number of carbonyl (C=O) groups is 3. The highest BCUT2D eigenvalue weighted by Gasteiger charge is 2.24. The van der Waals surface area contributed by atoms with Crippen molar-refractivity contribution in [2.24, 2.45) is 0 Å². The first-order valence-corrected chi connectivity index (χ1v) is 5.46. The van der Waals surface area contributed by atoms with Gasteiger partial charge in [-0.25, -0.2) is 4.98 Å². The van der Waals surface area contributed by atoms with Gasteiger partial charge in [0, 0.05) is 27.0 Å². The third kappa shape index (κ3) is 4.28. The van der Waals surface area contributed by atoms with E-state index in [4.69, 9.17) is 4.74 Å². The Kier molecular flexibility index (Phi) is 5.09. The van der Waals surface area contributed by atoms with Crippen LogP contribution < -0.4 is 10.9 Å². The molecule has 0 fully saturated rings. The van der Waals surface area contributed by atoms with Crippen molar-refractivity contribution in [3.05, 3.63) is 22.1 Å². The lowest BCUT2D eigenvalue weighted by atomic mass is 10.2. The van der Waals surface area contributed by atoms with Crippen LogP contribution in [0.2, 0.25) is 0 Å². The van der Waals surface area contributed by atoms with E-state index < -0.39 is 29.5 Å². The van der Waals surface area contributed by atoms with Gasteiger partial charge >= 0.3 is 5.97 Å². The number of amides is 1. The van der Waals surface area contributed by atoms with Gasteiger partial charge in [0.2, 0.25) is 17.6 Å². The molecule has 1 aromatic heterocycles. The van der Waals surface area contributed by atoms with Crippen LogP contribution in [0.5, 0.6) is 0 Å². The first kappa shape index (κ1) is 15.5. The number of Topliss-reactive ketones (excluding diaryl/α,β-unsaturated/α-hetero) is 1. The molecule has 1 unspecified atom stereocenters. The van der Waals surface area contributed by atoms with Crippen LogP contribution in [0.3, 0.4) is 0 Å². The van der Waals surface area contributed by atoms with Crippen molar-refractivity contribution in [2.45, 2.75) is 20.1 Å². The van der Waals surface area contributed by atoms with E-state index in [-0.39, 0.29) is 11.6 Å². The van der Waals surface area contributed by atoms with E-state index in [1.807, 2.05) is 0 Å². The molecule has 0 saturated carbocycles. The van der Waals surface area contributed by atoms with E-state index in [1.54, 1.807) is 0 Å². The van der Waals surface area contributed by atoms with Gasteiger partial charge in [-0.15, -0.1) is 0 Å². The summed E-state index contributed by atoms with van der Waals surface area (Å²) in [7, 11) is 1.16. The predicted octanol–water partition coefficient (Wildman–Crippen LogP) is -0.553. The average Bonchev–Trinajstić information content (AvgIpc) is 2.33. The van der Waals surface area contributed by atoms with Gasteiger partial charge in [-0.3, -0.25) is 29.5 Å². The number of carbonyl (C=O) groups excluding carboxylic acids is 3. The number of rotatable bonds is 5. The molecule has 0 spiro atoms. The Hall–Kier alpha value is -2.55. The Labute approximate surface area is 113 Å². The van der Waals surface area contributed by atoms with Crippen LogP contribution in [0, 0.1) is 0 Å². The van der Waals surface area contributed by atoms with Crippen molar-refractivity contribution >= 4 is 23.6 Å². The number of esters is 1. The quantitative estimate of drug-likeness (QED) is 0.421. The van der Waals surface area contributed by atoms with Crippen LogP contribution in [0.1, 0.15) is 24.3 Å². The third-order valence-corrected chi connectivity index (χ3v) is 1.99. The smallest absolute Gasteiger partial charge is 0.305 e. The van der Waals surface area contributed by atoms with Crippen LogP contribution in [0.15, 0.2) is 10.9 Å². The Morgan fingerprint density at radius 3 is 2.50 bits per heavy atom. The summed E-state index contributed by atoms with van der Waals surface area (Å²) in [6.45, 7) is 2.32. The molecule has 0 aliphatic heterocycles. The molecule has 0 aromatic carbocycles. The molecule has 0 aliphatic rings. The molecular formula is C11H13N3O6. The van der Waals surface area contributed by atoms with E-state index in [0.29, 0.717) is 0 Å². The first-order chi connectivity index (χ1) is 9.33. The Bertz CT molecular complexity index is 594. The van der Waals surface area contributed by atoms with Crippen LogP contribution >= 0.6 is 0 Å². The van der Waals surface area contributed by atoms with Crippen molar-refractivity contribution in [2.75, 3.05) is 12.4 Å². The van der Waals surface area contributed by atoms with Crippen molar-refractivity contribution in [1.29, 1.82) is 0 Å². The van der Waals surface area contributed by atoms with Crippen molar-refractivity contribution in [1.82, 2.24) is 9.97 Å². The molecule has 0 bridgehead atoms. The number of H-pyrrole nitrogens is 1. The minimum atomic E-state index is -1.51. The predicted molar refractivity (Wildman–Crippen MR) is 66.1 cm³/mol. The molecule has 0 aliphatic carbocycles. The molecule has 0 radical (unpaired) electrons. The van der Waals surface area contributed by atoms with Gasteiger partial charge in [0.25, 0.3) is 11.8 Å². The summed E-state index contributed by atoms with van der Waals surface area (Å²) in [5, 5.41) is 2.23. The number of aromatic nitrogens is 2. The number of hydrogen-bond donors (Lipinski definition) is 2. The fourth-order valence-electron chi connectivity index (χ4n) is 1.29. The van der Waals surface area contributed by atoms with Crippen LogP contribution in [-0.4, -0.2) is 41.0 Å². The fourth-order valence-corrected chi connectivity index (χ4v) is 1.29. The number of methoxy groups -OCH3 is 1. The van der Waals surface area contributed by atoms with E-state index in [0.717, 1.165) is 20.1 Å². The number of nitrogens with zero attached hydrogens (tertiary/aromatic N) is 1. The molecule has 108 valence electrons. The minimum Gasteiger partial charge on any atom is -0.428 e. The average molecular weight is 283 g/mol. The normalized spacial score (nSPS) is 11.6. The summed E-state index contributed by atoms with van der Waals surface area (Å²) in [6.07, 6.45) is -1.51. The van der Waals surface area contributed by atoms with E-state index in [1.165, 1.54) is 6.92 Å². The van der Waals surface area contributed by atoms with Crippen LogP contribution in [0.25, 0.3) is 0 Å². The molecule has 9 nitrogen and oxygen atoms in total. The number of aromatic amines is 1. The minimum absolute atomic E-state index is 0.189. The molecule has 9 heteroatoms. The summed E-state index contributed by atoms with van der Waals surface area (Å²) in [5.41, 5.74) is -0.949. The number of nitrogens with one attached hydrogen (secondary N) is 2. The van der Waals surface area contributed by atoms with Gasteiger partial charge in [0.05, 0.1) is 0 Å². The zero-order valence-electron chi connectivity index (χ0n) is 11.1. The molecule has 0 saturated heterocycles. The monoisotopic (exact) mass is 283 g/mol. The molecule has 20 heavy (non-hydrogen) atoms. The summed E-state index contributed by atoms with van der Waals surface area (Å²) in [5.74, 6) is -2.20. The summed E-state index contributed by atoms with van der Waals surface area (Å²) >= 11 is 0. The highest BCUT2D eigenvalue weighted by atomic mass is 16.7. The summed E-state index contributed by atoms with van der Waals surface area (Å²) in [4.78, 5) is 51.0. The molecule has 1 atom stereocenters. The topological polar surface area (TPSA) is 127 Å². The van der Waals surface area contributed by atoms with E-state index >= 15 is 0 Å². The van der Waals surface area contributed by atoms with Crippen molar-refractivity contribution < 1.29 is 23.9 Å². The molecule has 1 aromatic rings. The summed E-state index contributed by atoms with van der Waals surface area (Å²) in [6, 6.07) is 0.906. The fraction of sp³-hybridized carbons (Fsp3) is 0.364. The number of hydrogen-bond acceptors (Lipinski definition) is 7. The zero-order chi connectivity index (χ0) is 15.3. The lowest BCUT2D eigenvalue weighted by molar-refractivity contribution is -0.162. The second-order valence-electron chi connectivity index (χ2n) is 3.70. The molecule has 1 rings (SSSR count). The Morgan fingerprint density at radius 1 is 1.35 bits per heavy atom. The SMILES string of the molecule is COC(OC(C)=O)C(=O)c1cc(=O)[nH]c(NC(C)=O)n1. The van der Waals surface area contributed by atoms with Crippen molar-refractivity contribution in [3.8, 4) is 0 Å². The first-order valence-electron chi connectivity index (χ1n) is 5.46. The van der Waals surface area contributed by atoms with Crippen molar-refractivity contribution in [3.63, 3.8) is 0 Å². The van der Waals surface area contributed by atoms with Gasteiger partial charge < -0.3 is 9.47 Å². The number of ketones is 1. The summed E-state index contributed by atoms with van der Waals surface area (Å²) < 4.78 is 9.33. The number of ether oxygens (including phenoxy) is 2. The second-order valence-corrected chi connectivity index (χ2v) is 3.70. The van der Waals surface area contributed by atoms with Gasteiger partial charge in [-0.05, 0) is 0 Å². The van der Waals surface area contributed by atoms with Crippen LogP contribution in [0.4, 0.5) is 5.95 Å². The van der Waals surface area contributed by atoms with Gasteiger partial charge in [0.15, 0.2) is 0 Å². The van der Waals surface area contributed by atoms with Gasteiger partial charge in [-0.1, -0.05) is 0 Å². The highest BCUT2D eigenvalue weighted by Crippen LogP contribution is 2.05. The molecule has 2 N–H and O–H groups in total. The van der Waals surface area contributed by atoms with Gasteiger partial charge in [0.1, 0.15) is 5.69 Å². The molecule has 1 amide bonds. The maximum absolute atomic E-state index is 12.0. The van der Waals surface area contributed by atoms with E-state index in [2.05, 4.69) is 20.0 Å². The largest absolute Gasteiger partial charge is 0.428 e. The Morgan fingerprint density at radius 2 is 2.00 bits per heavy atom. The lowest BCUT2D eigenvalue weighted by Crippen LogP contribution is -2.30. The molecular weight excluding hydrogens is 270 g/mol. The number of anilines is 1.